The molecular weight excluding hydrogens is 361 g/mol. The Morgan fingerprint density at radius 3 is 2.33 bits per heavy atom. The van der Waals surface area contributed by atoms with Gasteiger partial charge in [-0.1, -0.05) is 24.0 Å². The molecule has 2 aromatic rings. The monoisotopic (exact) mass is 378 g/mol. The van der Waals surface area contributed by atoms with Crippen LogP contribution in [0.15, 0.2) is 48.5 Å². The van der Waals surface area contributed by atoms with Crippen molar-refractivity contribution in [2.75, 3.05) is 25.6 Å². The normalized spacial score (nSPS) is 10.4. The minimum Gasteiger partial charge on any atom is -0.493 e. The number of alkyl halides is 3. The number of ether oxygens (including phenoxy) is 2. The van der Waals surface area contributed by atoms with E-state index >= 15 is 0 Å². The molecule has 5 nitrogen and oxygen atoms in total. The summed E-state index contributed by atoms with van der Waals surface area (Å²) in [5.74, 6) is 6.58. The van der Waals surface area contributed by atoms with Crippen molar-refractivity contribution in [3.63, 3.8) is 0 Å². The molecule has 8 heteroatoms. The van der Waals surface area contributed by atoms with Gasteiger partial charge in [0.25, 0.3) is 0 Å². The van der Waals surface area contributed by atoms with Crippen LogP contribution in [0.2, 0.25) is 0 Å². The highest BCUT2D eigenvalue weighted by Crippen LogP contribution is 2.29. The van der Waals surface area contributed by atoms with E-state index in [9.17, 15) is 18.0 Å². The highest BCUT2D eigenvalue weighted by molar-refractivity contribution is 5.89. The number of methoxy groups -OCH3 is 1. The van der Waals surface area contributed by atoms with E-state index in [1.54, 1.807) is 18.2 Å². The summed E-state index contributed by atoms with van der Waals surface area (Å²) in [6, 6.07) is 10.7. The lowest BCUT2D eigenvalue weighted by Gasteiger charge is -2.09. The second kappa shape index (κ2) is 9.38. The van der Waals surface area contributed by atoms with Crippen molar-refractivity contribution < 1.29 is 27.4 Å². The van der Waals surface area contributed by atoms with Crippen LogP contribution in [0.3, 0.4) is 0 Å². The van der Waals surface area contributed by atoms with Crippen molar-refractivity contribution in [3.05, 3.63) is 54.1 Å². The molecule has 27 heavy (non-hydrogen) atoms. The Morgan fingerprint density at radius 2 is 1.70 bits per heavy atom. The third kappa shape index (κ3) is 6.47. The quantitative estimate of drug-likeness (QED) is 0.776. The van der Waals surface area contributed by atoms with Gasteiger partial charge >= 0.3 is 12.2 Å². The molecule has 0 aliphatic rings. The van der Waals surface area contributed by atoms with Crippen molar-refractivity contribution in [2.24, 2.45) is 0 Å². The van der Waals surface area contributed by atoms with E-state index < -0.39 is 17.8 Å². The van der Waals surface area contributed by atoms with Gasteiger partial charge < -0.3 is 20.1 Å². The number of rotatable bonds is 5. The maximum absolute atomic E-state index is 12.5. The first-order valence-electron chi connectivity index (χ1n) is 7.84. The Morgan fingerprint density at radius 1 is 1.04 bits per heavy atom. The van der Waals surface area contributed by atoms with Crippen molar-refractivity contribution in [1.82, 2.24) is 5.32 Å². The Balaban J connectivity index is 1.73. The van der Waals surface area contributed by atoms with Crippen LogP contribution >= 0.6 is 0 Å². The summed E-state index contributed by atoms with van der Waals surface area (Å²) in [5.41, 5.74) is -0.540. The molecule has 0 aliphatic heterocycles. The molecule has 2 aromatic carbocycles. The SMILES string of the molecule is COc1ccccc1OCC#CCNC(=O)Nc1ccc(C(F)(F)F)cc1. The maximum Gasteiger partial charge on any atom is 0.416 e. The molecule has 2 N–H and O–H groups in total. The largest absolute Gasteiger partial charge is 0.493 e. The third-order valence-corrected chi connectivity index (χ3v) is 3.30. The summed E-state index contributed by atoms with van der Waals surface area (Å²) >= 11 is 0. The van der Waals surface area contributed by atoms with Crippen LogP contribution in [-0.2, 0) is 6.18 Å². The molecule has 2 rings (SSSR count). The van der Waals surface area contributed by atoms with Crippen LogP contribution < -0.4 is 20.1 Å². The summed E-state index contributed by atoms with van der Waals surface area (Å²) < 4.78 is 48.0. The number of anilines is 1. The van der Waals surface area contributed by atoms with Crippen LogP contribution in [0.25, 0.3) is 0 Å². The number of para-hydroxylation sites is 2. The lowest BCUT2D eigenvalue weighted by atomic mass is 10.2. The summed E-state index contributed by atoms with van der Waals surface area (Å²) in [6.45, 7) is 0.171. The fourth-order valence-corrected chi connectivity index (χ4v) is 2.01. The number of benzene rings is 2. The molecule has 142 valence electrons. The minimum absolute atomic E-state index is 0.0573. The lowest BCUT2D eigenvalue weighted by molar-refractivity contribution is -0.137. The number of nitrogens with one attached hydrogen (secondary N) is 2. The number of amides is 2. The highest BCUT2D eigenvalue weighted by atomic mass is 19.4. The number of hydrogen-bond acceptors (Lipinski definition) is 3. The van der Waals surface area contributed by atoms with Crippen molar-refractivity contribution >= 4 is 11.7 Å². The first-order chi connectivity index (χ1) is 12.9. The average molecular weight is 378 g/mol. The van der Waals surface area contributed by atoms with Crippen LogP contribution in [0, 0.1) is 11.8 Å². The van der Waals surface area contributed by atoms with E-state index in [-0.39, 0.29) is 18.8 Å². The van der Waals surface area contributed by atoms with Gasteiger partial charge in [-0.3, -0.25) is 0 Å². The first-order valence-corrected chi connectivity index (χ1v) is 7.84. The Hall–Kier alpha value is -3.34. The average Bonchev–Trinajstić information content (AvgIpc) is 2.64. The number of halogens is 3. The van der Waals surface area contributed by atoms with Gasteiger partial charge in [-0.05, 0) is 36.4 Å². The number of carbonyl (C=O) groups is 1. The second-order valence-corrected chi connectivity index (χ2v) is 5.18. The fraction of sp³-hybridized carbons (Fsp3) is 0.211. The van der Waals surface area contributed by atoms with Crippen LogP contribution in [-0.4, -0.2) is 26.3 Å². The summed E-state index contributed by atoms with van der Waals surface area (Å²) in [4.78, 5) is 11.7. The first kappa shape index (κ1) is 20.0. The van der Waals surface area contributed by atoms with Gasteiger partial charge in [0.15, 0.2) is 11.5 Å². The molecule has 0 saturated carbocycles. The van der Waals surface area contributed by atoms with Crippen molar-refractivity contribution in [1.29, 1.82) is 0 Å². The van der Waals surface area contributed by atoms with Gasteiger partial charge in [0.05, 0.1) is 19.2 Å². The number of hydrogen-bond donors (Lipinski definition) is 2. The van der Waals surface area contributed by atoms with Crippen LogP contribution in [0.1, 0.15) is 5.56 Å². The smallest absolute Gasteiger partial charge is 0.416 e. The molecular formula is C19H17F3N2O3. The van der Waals surface area contributed by atoms with Crippen LogP contribution in [0.5, 0.6) is 11.5 Å². The molecule has 0 atom stereocenters. The molecule has 0 fully saturated rings. The molecule has 0 aromatic heterocycles. The van der Waals surface area contributed by atoms with E-state index in [2.05, 4.69) is 22.5 Å². The molecule has 0 unspecified atom stereocenters. The topological polar surface area (TPSA) is 59.6 Å². The number of urea groups is 1. The van der Waals surface area contributed by atoms with Gasteiger partial charge in [-0.25, -0.2) is 4.79 Å². The minimum atomic E-state index is -4.41. The fourth-order valence-electron chi connectivity index (χ4n) is 2.01. The zero-order valence-electron chi connectivity index (χ0n) is 14.4. The third-order valence-electron chi connectivity index (χ3n) is 3.30. The maximum atomic E-state index is 12.5. The molecule has 0 aliphatic carbocycles. The molecule has 0 bridgehead atoms. The molecule has 0 heterocycles. The summed E-state index contributed by atoms with van der Waals surface area (Å²) in [5, 5.41) is 4.89. The highest BCUT2D eigenvalue weighted by Gasteiger charge is 2.29. The zero-order valence-corrected chi connectivity index (χ0v) is 14.4. The van der Waals surface area contributed by atoms with Gasteiger partial charge in [-0.2, -0.15) is 13.2 Å². The number of carbonyl (C=O) groups excluding carboxylic acids is 1. The summed E-state index contributed by atoms with van der Waals surface area (Å²) in [6.07, 6.45) is -4.41. The zero-order chi connectivity index (χ0) is 19.7. The molecule has 2 amide bonds. The molecule has 0 spiro atoms. The predicted octanol–water partition coefficient (Wildman–Crippen LogP) is 3.92. The van der Waals surface area contributed by atoms with E-state index in [0.29, 0.717) is 11.5 Å². The van der Waals surface area contributed by atoms with Gasteiger partial charge in [-0.15, -0.1) is 0 Å². The van der Waals surface area contributed by atoms with Gasteiger partial charge in [0, 0.05) is 5.69 Å². The van der Waals surface area contributed by atoms with Gasteiger partial charge in [0.2, 0.25) is 0 Å². The summed E-state index contributed by atoms with van der Waals surface area (Å²) in [7, 11) is 1.53. The van der Waals surface area contributed by atoms with E-state index in [0.717, 1.165) is 12.1 Å². The Bertz CT molecular complexity index is 825. The second-order valence-electron chi connectivity index (χ2n) is 5.18. The molecule has 0 saturated heterocycles. The Labute approximate surface area is 154 Å². The van der Waals surface area contributed by atoms with Crippen molar-refractivity contribution in [3.8, 4) is 23.3 Å². The van der Waals surface area contributed by atoms with E-state index in [1.807, 2.05) is 6.07 Å². The van der Waals surface area contributed by atoms with E-state index in [1.165, 1.54) is 19.2 Å². The van der Waals surface area contributed by atoms with Gasteiger partial charge in [0.1, 0.15) is 6.61 Å². The van der Waals surface area contributed by atoms with Crippen LogP contribution in [0.4, 0.5) is 23.7 Å². The standard InChI is InChI=1S/C19H17F3N2O3/c1-26-16-6-2-3-7-17(16)27-13-5-4-12-23-18(25)24-15-10-8-14(9-11-15)19(20,21)22/h2-3,6-11H,12-13H2,1H3,(H2,23,24,25). The van der Waals surface area contributed by atoms with Crippen molar-refractivity contribution in [2.45, 2.75) is 6.18 Å². The lowest BCUT2D eigenvalue weighted by Crippen LogP contribution is -2.29. The predicted molar refractivity (Wildman–Crippen MR) is 94.7 cm³/mol. The Kier molecular flexibility index (Phi) is 6.94. The van der Waals surface area contributed by atoms with E-state index in [4.69, 9.17) is 9.47 Å². The molecule has 0 radical (unpaired) electrons.